The summed E-state index contributed by atoms with van der Waals surface area (Å²) in [5.41, 5.74) is 6.32. The summed E-state index contributed by atoms with van der Waals surface area (Å²) in [5.74, 6) is -4.62. The number of rotatable bonds is 10. The van der Waals surface area contributed by atoms with E-state index in [4.69, 9.17) is 15.2 Å². The second-order valence-electron chi connectivity index (χ2n) is 7.41. The van der Waals surface area contributed by atoms with Gasteiger partial charge in [-0.05, 0) is 18.4 Å². The first kappa shape index (κ1) is 26.8. The number of imidazole rings is 1. The van der Waals surface area contributed by atoms with Crippen LogP contribution < -0.4 is 21.7 Å². The highest BCUT2D eigenvalue weighted by atomic mass is 32.2. The molecule has 1 aliphatic heterocycles. The van der Waals surface area contributed by atoms with Crippen LogP contribution in [0.5, 0.6) is 0 Å². The number of nitrogens with two attached hydrogens (primary N) is 1. The Morgan fingerprint density at radius 2 is 2.00 bits per heavy atom. The molecule has 0 aromatic carbocycles. The molecule has 5 N–H and O–H groups in total. The zero-order valence-electron chi connectivity index (χ0n) is 18.7. The van der Waals surface area contributed by atoms with Gasteiger partial charge in [-0.25, -0.2) is 19.4 Å². The van der Waals surface area contributed by atoms with E-state index in [1.165, 1.54) is 25.0 Å². The van der Waals surface area contributed by atoms with E-state index in [0.717, 1.165) is 0 Å². The van der Waals surface area contributed by atoms with Gasteiger partial charge in [-0.2, -0.15) is 11.8 Å². The molecular weight excluding hydrogens is 472 g/mol. The summed E-state index contributed by atoms with van der Waals surface area (Å²) < 4.78 is 11.5. The molecule has 1 fully saturated rings. The molecule has 4 atom stereocenters. The number of nitrogens with zero attached hydrogens (tertiary/aromatic N) is 2. The quantitative estimate of drug-likeness (QED) is 0.200. The van der Waals surface area contributed by atoms with Crippen molar-refractivity contribution in [2.75, 3.05) is 12.0 Å². The van der Waals surface area contributed by atoms with Gasteiger partial charge in [0.2, 0.25) is 12.0 Å². The molecular formula is C19H26N6O8S. The van der Waals surface area contributed by atoms with Crippen LogP contribution in [0.25, 0.3) is 0 Å². The minimum atomic E-state index is -1.84. The minimum Gasteiger partial charge on any atom is -0.448 e. The Balaban J connectivity index is 2.10. The highest BCUT2D eigenvalue weighted by Crippen LogP contribution is 2.12. The van der Waals surface area contributed by atoms with Gasteiger partial charge >= 0.3 is 23.9 Å². The third-order valence-corrected chi connectivity index (χ3v) is 5.19. The van der Waals surface area contributed by atoms with Crippen molar-refractivity contribution in [1.29, 1.82) is 0 Å². The molecule has 2 rings (SSSR count). The van der Waals surface area contributed by atoms with Crippen LogP contribution in [0.3, 0.4) is 0 Å². The lowest BCUT2D eigenvalue weighted by atomic mass is 10.1. The molecule has 15 heteroatoms. The summed E-state index contributed by atoms with van der Waals surface area (Å²) in [4.78, 5) is 76.9. The van der Waals surface area contributed by atoms with E-state index in [0.29, 0.717) is 11.4 Å². The molecule has 2 unspecified atom stereocenters. The summed E-state index contributed by atoms with van der Waals surface area (Å²) in [5, 5.41) is 6.33. The molecule has 0 radical (unpaired) electrons. The molecule has 0 aliphatic carbocycles. The van der Waals surface area contributed by atoms with Gasteiger partial charge < -0.3 is 30.4 Å². The highest BCUT2D eigenvalue weighted by molar-refractivity contribution is 7.98. The Bertz CT molecular complexity index is 966. The Morgan fingerprint density at radius 3 is 2.59 bits per heavy atom. The van der Waals surface area contributed by atoms with Crippen molar-refractivity contribution in [3.05, 3.63) is 18.2 Å². The number of ether oxygens (including phenoxy) is 2. The number of urea groups is 1. The summed E-state index contributed by atoms with van der Waals surface area (Å²) in [7, 11) is 1.73. The van der Waals surface area contributed by atoms with Crippen molar-refractivity contribution < 1.29 is 38.2 Å². The number of thioether (sulfide) groups is 1. The van der Waals surface area contributed by atoms with Gasteiger partial charge in [-0.15, -0.1) is 0 Å². The van der Waals surface area contributed by atoms with Gasteiger partial charge in [0.25, 0.3) is 5.91 Å². The summed E-state index contributed by atoms with van der Waals surface area (Å²) in [6.45, 7) is 1.19. The lowest BCUT2D eigenvalue weighted by molar-refractivity contribution is -0.171. The standard InChI is InChI=1S/C19H26N6O8S/c1-9(26)22-12(4-5-34-3)17(29)33-18(30)13-14(15(27)24-19(31)23-13)32-16(28)11(20)6-10-7-25(2)8-21-10/h7-8,11-14H,4-6,20H2,1-3H3,(H,22,26)(H2,23,24,27,31)/t11-,12-,13?,14?/m0/s1. The molecule has 1 aromatic heterocycles. The van der Waals surface area contributed by atoms with E-state index in [1.807, 2.05) is 5.32 Å². The molecule has 0 bridgehead atoms. The van der Waals surface area contributed by atoms with E-state index in [-0.39, 0.29) is 12.8 Å². The molecule has 2 heterocycles. The molecule has 1 saturated heterocycles. The molecule has 14 nitrogen and oxygen atoms in total. The van der Waals surface area contributed by atoms with E-state index in [2.05, 4.69) is 15.6 Å². The largest absolute Gasteiger partial charge is 0.448 e. The molecule has 34 heavy (non-hydrogen) atoms. The fourth-order valence-corrected chi connectivity index (χ4v) is 3.42. The number of carbonyl (C=O) groups excluding carboxylic acids is 6. The van der Waals surface area contributed by atoms with Crippen molar-refractivity contribution >= 4 is 47.5 Å². The topological polar surface area (TPSA) is 201 Å². The molecule has 1 aliphatic rings. The molecule has 0 saturated carbocycles. The number of carbonyl (C=O) groups is 6. The smallest absolute Gasteiger partial charge is 0.340 e. The second-order valence-corrected chi connectivity index (χ2v) is 8.40. The van der Waals surface area contributed by atoms with Crippen LogP contribution in [0.4, 0.5) is 4.79 Å². The average Bonchev–Trinajstić information content (AvgIpc) is 3.16. The summed E-state index contributed by atoms with van der Waals surface area (Å²) >= 11 is 1.40. The first-order chi connectivity index (χ1) is 16.0. The number of amides is 4. The van der Waals surface area contributed by atoms with Crippen LogP contribution in [0.1, 0.15) is 19.0 Å². The molecule has 4 amide bonds. The molecule has 186 valence electrons. The van der Waals surface area contributed by atoms with Gasteiger partial charge in [-0.1, -0.05) is 0 Å². The maximum absolute atomic E-state index is 12.6. The fraction of sp³-hybridized carbons (Fsp3) is 0.526. The SMILES string of the molecule is CSCC[C@H](NC(C)=O)C(=O)OC(=O)C1NC(=O)NC(=O)C1OC(=O)[C@@H](N)Cc1cn(C)cn1. The number of aromatic nitrogens is 2. The number of hydrogen-bond acceptors (Lipinski definition) is 11. The minimum absolute atomic E-state index is 0.0121. The van der Waals surface area contributed by atoms with Gasteiger partial charge in [0.05, 0.1) is 12.0 Å². The monoisotopic (exact) mass is 498 g/mol. The normalized spacial score (nSPS) is 19.3. The van der Waals surface area contributed by atoms with E-state index in [1.54, 1.807) is 24.1 Å². The first-order valence-electron chi connectivity index (χ1n) is 10.1. The van der Waals surface area contributed by atoms with Gasteiger partial charge in [0.1, 0.15) is 12.1 Å². The Kier molecular flexibility index (Phi) is 9.56. The van der Waals surface area contributed by atoms with Crippen LogP contribution in [0.2, 0.25) is 0 Å². The van der Waals surface area contributed by atoms with Crippen LogP contribution in [0.15, 0.2) is 12.5 Å². The number of hydrogen-bond donors (Lipinski definition) is 4. The maximum Gasteiger partial charge on any atom is 0.340 e. The van der Waals surface area contributed by atoms with Gasteiger partial charge in [-0.3, -0.25) is 19.7 Å². The van der Waals surface area contributed by atoms with E-state index in [9.17, 15) is 28.8 Å². The Labute approximate surface area is 198 Å². The number of nitrogens with one attached hydrogen (secondary N) is 3. The lowest BCUT2D eigenvalue weighted by Crippen LogP contribution is -2.66. The summed E-state index contributed by atoms with van der Waals surface area (Å²) in [6.07, 6.45) is 3.25. The van der Waals surface area contributed by atoms with Gasteiger partial charge in [0.15, 0.2) is 6.04 Å². The molecule has 0 spiro atoms. The van der Waals surface area contributed by atoms with Crippen LogP contribution in [-0.2, 0) is 46.9 Å². The Morgan fingerprint density at radius 1 is 1.29 bits per heavy atom. The van der Waals surface area contributed by atoms with E-state index >= 15 is 0 Å². The third kappa shape index (κ3) is 7.55. The van der Waals surface area contributed by atoms with Crippen molar-refractivity contribution in [1.82, 2.24) is 25.5 Å². The van der Waals surface area contributed by atoms with Crippen LogP contribution in [0, 0.1) is 0 Å². The average molecular weight is 499 g/mol. The zero-order valence-corrected chi connectivity index (χ0v) is 19.5. The second kappa shape index (κ2) is 12.1. The predicted molar refractivity (Wildman–Crippen MR) is 117 cm³/mol. The zero-order chi connectivity index (χ0) is 25.4. The van der Waals surface area contributed by atoms with Crippen molar-refractivity contribution in [2.45, 2.75) is 44.0 Å². The first-order valence-corrected chi connectivity index (χ1v) is 11.5. The maximum atomic E-state index is 12.6. The van der Waals surface area contributed by atoms with Crippen LogP contribution in [-0.4, -0.2) is 81.5 Å². The van der Waals surface area contributed by atoms with Crippen molar-refractivity contribution in [2.24, 2.45) is 12.8 Å². The number of imide groups is 1. The van der Waals surface area contributed by atoms with Gasteiger partial charge in [0, 0.05) is 26.6 Å². The number of aryl methyl sites for hydroxylation is 1. The summed E-state index contributed by atoms with van der Waals surface area (Å²) in [6, 6.07) is -5.22. The Hall–Kier alpha value is -3.46. The number of esters is 3. The lowest BCUT2D eigenvalue weighted by Gasteiger charge is -2.30. The highest BCUT2D eigenvalue weighted by Gasteiger charge is 2.45. The predicted octanol–water partition coefficient (Wildman–Crippen LogP) is -2.26. The fourth-order valence-electron chi connectivity index (χ4n) is 2.95. The van der Waals surface area contributed by atoms with Crippen LogP contribution >= 0.6 is 11.8 Å². The molecule has 1 aromatic rings. The van der Waals surface area contributed by atoms with E-state index < -0.39 is 60.0 Å². The van der Waals surface area contributed by atoms with Crippen molar-refractivity contribution in [3.8, 4) is 0 Å². The third-order valence-electron chi connectivity index (χ3n) is 4.55. The van der Waals surface area contributed by atoms with Crippen molar-refractivity contribution in [3.63, 3.8) is 0 Å².